The van der Waals surface area contributed by atoms with Crippen LogP contribution in [0.3, 0.4) is 0 Å². The highest BCUT2D eigenvalue weighted by molar-refractivity contribution is 6.04. The van der Waals surface area contributed by atoms with Crippen LogP contribution in [-0.2, 0) is 4.79 Å². The van der Waals surface area contributed by atoms with Crippen LogP contribution in [0.15, 0.2) is 36.5 Å². The van der Waals surface area contributed by atoms with Crippen LogP contribution in [0.4, 0.5) is 15.9 Å². The number of pyridine rings is 1. The van der Waals surface area contributed by atoms with Gasteiger partial charge in [0.2, 0.25) is 5.91 Å². The van der Waals surface area contributed by atoms with Gasteiger partial charge in [0.1, 0.15) is 11.6 Å². The first-order valence-corrected chi connectivity index (χ1v) is 6.27. The molecule has 2 aromatic rings. The third-order valence-corrected chi connectivity index (χ3v) is 2.69. The molecule has 0 saturated carbocycles. The van der Waals surface area contributed by atoms with Crippen LogP contribution in [-0.4, -0.2) is 16.8 Å². The van der Waals surface area contributed by atoms with Gasteiger partial charge in [-0.3, -0.25) is 9.59 Å². The summed E-state index contributed by atoms with van der Waals surface area (Å²) in [6, 6.07) is 7.23. The molecule has 21 heavy (non-hydrogen) atoms. The van der Waals surface area contributed by atoms with Crippen LogP contribution in [0.2, 0.25) is 0 Å². The van der Waals surface area contributed by atoms with E-state index >= 15 is 0 Å². The van der Waals surface area contributed by atoms with Crippen molar-refractivity contribution in [2.45, 2.75) is 13.8 Å². The zero-order valence-electron chi connectivity index (χ0n) is 11.6. The number of anilines is 2. The minimum Gasteiger partial charge on any atom is -0.324 e. The Balaban J connectivity index is 2.19. The first-order valence-electron chi connectivity index (χ1n) is 6.27. The molecule has 2 rings (SSSR count). The van der Waals surface area contributed by atoms with E-state index in [1.807, 2.05) is 13.0 Å². The fourth-order valence-corrected chi connectivity index (χ4v) is 1.68. The van der Waals surface area contributed by atoms with Crippen molar-refractivity contribution < 1.29 is 14.0 Å². The normalized spacial score (nSPS) is 10.0. The molecule has 0 spiro atoms. The molecule has 0 atom stereocenters. The lowest BCUT2D eigenvalue weighted by molar-refractivity contribution is -0.114. The molecule has 0 aliphatic heterocycles. The predicted molar refractivity (Wildman–Crippen MR) is 77.6 cm³/mol. The van der Waals surface area contributed by atoms with Crippen molar-refractivity contribution in [3.63, 3.8) is 0 Å². The van der Waals surface area contributed by atoms with Crippen molar-refractivity contribution in [3.8, 4) is 0 Å². The van der Waals surface area contributed by atoms with Crippen LogP contribution in [0, 0.1) is 12.7 Å². The molecule has 2 amide bonds. The van der Waals surface area contributed by atoms with Crippen LogP contribution in [0.1, 0.15) is 22.8 Å². The van der Waals surface area contributed by atoms with Gasteiger partial charge in [0.15, 0.2) is 0 Å². The summed E-state index contributed by atoms with van der Waals surface area (Å²) in [5, 5.41) is 4.93. The topological polar surface area (TPSA) is 71.1 Å². The number of amides is 2. The Morgan fingerprint density at radius 1 is 1.14 bits per heavy atom. The summed E-state index contributed by atoms with van der Waals surface area (Å²) in [5.41, 5.74) is 1.16. The fraction of sp³-hybridized carbons (Fsp3) is 0.133. The number of nitrogens with one attached hydrogen (secondary N) is 2. The summed E-state index contributed by atoms with van der Waals surface area (Å²) in [7, 11) is 0. The van der Waals surface area contributed by atoms with E-state index in [0.29, 0.717) is 5.82 Å². The van der Waals surface area contributed by atoms with Crippen LogP contribution >= 0.6 is 0 Å². The lowest BCUT2D eigenvalue weighted by atomic mass is 10.1. The molecular formula is C15H14FN3O2. The lowest BCUT2D eigenvalue weighted by Crippen LogP contribution is -2.14. The number of aryl methyl sites for hydroxylation is 1. The van der Waals surface area contributed by atoms with Crippen molar-refractivity contribution >= 4 is 23.3 Å². The van der Waals surface area contributed by atoms with Gasteiger partial charge in [-0.1, -0.05) is 6.07 Å². The Labute approximate surface area is 121 Å². The highest BCUT2D eigenvalue weighted by Crippen LogP contribution is 2.17. The molecule has 0 unspecified atom stereocenters. The average molecular weight is 287 g/mol. The van der Waals surface area contributed by atoms with Gasteiger partial charge in [0.05, 0.1) is 5.69 Å². The van der Waals surface area contributed by atoms with Gasteiger partial charge in [0.25, 0.3) is 5.91 Å². The number of hydrogen-bond acceptors (Lipinski definition) is 3. The van der Waals surface area contributed by atoms with Crippen molar-refractivity contribution in [2.24, 2.45) is 0 Å². The molecule has 0 aliphatic carbocycles. The second kappa shape index (κ2) is 6.13. The summed E-state index contributed by atoms with van der Waals surface area (Å²) in [5.74, 6) is -1.05. The largest absolute Gasteiger partial charge is 0.324 e. The van der Waals surface area contributed by atoms with E-state index < -0.39 is 17.6 Å². The molecule has 6 heteroatoms. The van der Waals surface area contributed by atoms with E-state index in [9.17, 15) is 14.0 Å². The Morgan fingerprint density at radius 3 is 2.52 bits per heavy atom. The van der Waals surface area contributed by atoms with E-state index in [1.165, 1.54) is 19.1 Å². The smallest absolute Gasteiger partial charge is 0.256 e. The van der Waals surface area contributed by atoms with Crippen LogP contribution < -0.4 is 10.6 Å². The molecule has 5 nitrogen and oxygen atoms in total. The van der Waals surface area contributed by atoms with E-state index in [1.54, 1.807) is 12.3 Å². The highest BCUT2D eigenvalue weighted by atomic mass is 19.1. The number of rotatable bonds is 3. The standard InChI is InChI=1S/C15H14FN3O2/c1-9-3-6-14(17-8-9)19-15(21)11-4-5-12(16)13(7-11)18-10(2)20/h3-8H,1-2H3,(H,18,20)(H,17,19,21). The van der Waals surface area contributed by atoms with Crippen molar-refractivity contribution in [1.29, 1.82) is 0 Å². The average Bonchev–Trinajstić information content (AvgIpc) is 2.43. The van der Waals surface area contributed by atoms with Gasteiger partial charge in [-0.2, -0.15) is 0 Å². The molecule has 0 saturated heterocycles. The van der Waals surface area contributed by atoms with Gasteiger partial charge >= 0.3 is 0 Å². The van der Waals surface area contributed by atoms with Gasteiger partial charge in [-0.15, -0.1) is 0 Å². The summed E-state index contributed by atoms with van der Waals surface area (Å²) in [4.78, 5) is 27.1. The first kappa shape index (κ1) is 14.6. The minimum atomic E-state index is -0.602. The fourth-order valence-electron chi connectivity index (χ4n) is 1.68. The number of aromatic nitrogens is 1. The summed E-state index contributed by atoms with van der Waals surface area (Å²) < 4.78 is 13.5. The van der Waals surface area contributed by atoms with E-state index in [2.05, 4.69) is 15.6 Å². The minimum absolute atomic E-state index is 0.0352. The van der Waals surface area contributed by atoms with Crippen LogP contribution in [0.25, 0.3) is 0 Å². The number of nitrogens with zero attached hydrogens (tertiary/aromatic N) is 1. The molecule has 0 aliphatic rings. The zero-order chi connectivity index (χ0) is 15.4. The molecule has 1 heterocycles. The number of carbonyl (C=O) groups is 2. The summed E-state index contributed by atoms with van der Waals surface area (Å²) in [6.07, 6.45) is 1.63. The van der Waals surface area contributed by atoms with Gasteiger partial charge in [-0.05, 0) is 36.8 Å². The van der Waals surface area contributed by atoms with Crippen molar-refractivity contribution in [2.75, 3.05) is 10.6 Å². The Kier molecular flexibility index (Phi) is 4.27. The molecule has 0 fully saturated rings. The summed E-state index contributed by atoms with van der Waals surface area (Å²) in [6.45, 7) is 3.15. The van der Waals surface area contributed by atoms with Gasteiger partial charge in [-0.25, -0.2) is 9.37 Å². The maximum absolute atomic E-state index is 13.5. The maximum Gasteiger partial charge on any atom is 0.256 e. The second-order valence-electron chi connectivity index (χ2n) is 4.55. The molecule has 1 aromatic carbocycles. The maximum atomic E-state index is 13.5. The molecule has 1 aromatic heterocycles. The third-order valence-electron chi connectivity index (χ3n) is 2.69. The van der Waals surface area contributed by atoms with E-state index in [4.69, 9.17) is 0 Å². The van der Waals surface area contributed by atoms with Gasteiger partial charge < -0.3 is 10.6 Å². The molecule has 2 N–H and O–H groups in total. The number of hydrogen-bond donors (Lipinski definition) is 2. The first-order chi connectivity index (χ1) is 9.95. The third kappa shape index (κ3) is 3.85. The summed E-state index contributed by atoms with van der Waals surface area (Å²) >= 11 is 0. The molecular weight excluding hydrogens is 273 g/mol. The number of benzene rings is 1. The monoisotopic (exact) mass is 287 g/mol. The molecule has 0 radical (unpaired) electrons. The number of carbonyl (C=O) groups excluding carboxylic acids is 2. The Morgan fingerprint density at radius 2 is 1.90 bits per heavy atom. The highest BCUT2D eigenvalue weighted by Gasteiger charge is 2.11. The quantitative estimate of drug-likeness (QED) is 0.911. The van der Waals surface area contributed by atoms with Crippen LogP contribution in [0.5, 0.6) is 0 Å². The Hall–Kier alpha value is -2.76. The predicted octanol–water partition coefficient (Wildman–Crippen LogP) is 2.74. The zero-order valence-corrected chi connectivity index (χ0v) is 11.6. The van der Waals surface area contributed by atoms with Gasteiger partial charge in [0, 0.05) is 18.7 Å². The van der Waals surface area contributed by atoms with E-state index in [-0.39, 0.29) is 11.3 Å². The van der Waals surface area contributed by atoms with Crippen molar-refractivity contribution in [3.05, 3.63) is 53.5 Å². The number of halogens is 1. The Bertz CT molecular complexity index is 684. The SMILES string of the molecule is CC(=O)Nc1cc(C(=O)Nc2ccc(C)cn2)ccc1F. The second-order valence-corrected chi connectivity index (χ2v) is 4.55. The van der Waals surface area contributed by atoms with E-state index in [0.717, 1.165) is 11.6 Å². The lowest BCUT2D eigenvalue weighted by Gasteiger charge is -2.08. The van der Waals surface area contributed by atoms with Crippen molar-refractivity contribution in [1.82, 2.24) is 4.98 Å². The molecule has 0 bridgehead atoms. The molecule has 108 valence electrons.